The van der Waals surface area contributed by atoms with E-state index < -0.39 is 126 Å². The first kappa shape index (κ1) is 18.3. The van der Waals surface area contributed by atoms with Crippen molar-refractivity contribution in [2.45, 2.75) is 0 Å². The number of hydrogen-bond acceptors (Lipinski definition) is 0. The molecule has 9 aromatic carbocycles. The molecule has 12 rings (SSSR count). The standard InChI is InChI=1S/C54H35N3/c1-3-14-36(15-4-1)37-16-13-19-41(32-37)56-50-24-11-7-20-43(50)46-33-38(26-29-52(46)56)39-27-30-53-47(34-39)44-21-8-12-25-51(44)57(53)42-28-31-54-48(35-42)45-22-9-10-23-49(45)55(54)40-17-5-2-6-18-40/h1-35H/i1D,3D,4D,7D,8D,11D,12D,14D,15D,20D,21D,24D,25D,26D,27D,29D,30D,33D,34D. The second-order valence-electron chi connectivity index (χ2n) is 13.5. The Hall–Kier alpha value is -7.62. The average molecular weight is 745 g/mol. The quantitative estimate of drug-likeness (QED) is 0.167. The van der Waals surface area contributed by atoms with Crippen molar-refractivity contribution >= 4 is 65.4 Å². The van der Waals surface area contributed by atoms with Crippen molar-refractivity contribution in [3.63, 3.8) is 0 Å². The molecule has 0 aliphatic rings. The second-order valence-corrected chi connectivity index (χ2v) is 13.5. The zero-order chi connectivity index (χ0) is 54.0. The van der Waals surface area contributed by atoms with Crippen LogP contribution in [0.4, 0.5) is 0 Å². The molecule has 3 aromatic heterocycles. The van der Waals surface area contributed by atoms with Gasteiger partial charge in [-0.3, -0.25) is 0 Å². The van der Waals surface area contributed by atoms with Crippen LogP contribution in [-0.4, -0.2) is 13.7 Å². The van der Waals surface area contributed by atoms with Crippen LogP contribution < -0.4 is 0 Å². The lowest BCUT2D eigenvalue weighted by Crippen LogP contribution is -1.95. The zero-order valence-electron chi connectivity index (χ0n) is 48.6. The molecule has 3 heterocycles. The number of nitrogens with zero attached hydrogens (tertiary/aromatic N) is 3. The SMILES string of the molecule is [2H]c1c([2H])c([2H])c(-c2cccc(-n3c4c([2H])c([2H])c([2H])c([2H])c4c4c([2H])c(-c5c([2H])c([2H])c6c(c5[2H])c5c([2H])c([2H])c([2H])c([2H])c5n6-c5ccc6c(c5)c5ccccc5n6-c5ccccc5)c([2H])c([2H])c43)c2)c([2H])c1[2H]. The third kappa shape index (κ3) is 4.86. The number of fused-ring (bicyclic) bond motifs is 9. The third-order valence-electron chi connectivity index (χ3n) is 10.4. The largest absolute Gasteiger partial charge is 0.309 e. The molecule has 0 radical (unpaired) electrons. The molecule has 3 nitrogen and oxygen atoms in total. The molecular formula is C54H35N3. The Balaban J connectivity index is 1.18. The molecule has 0 spiro atoms. The number of benzene rings is 9. The van der Waals surface area contributed by atoms with Crippen LogP contribution in [0.3, 0.4) is 0 Å². The molecule has 0 aliphatic heterocycles. The van der Waals surface area contributed by atoms with Crippen LogP contribution in [0.1, 0.15) is 26.0 Å². The molecule has 0 amide bonds. The van der Waals surface area contributed by atoms with E-state index in [0.29, 0.717) is 5.69 Å². The van der Waals surface area contributed by atoms with Gasteiger partial charge in [0.05, 0.1) is 59.1 Å². The minimum Gasteiger partial charge on any atom is -0.309 e. The molecule has 0 atom stereocenters. The highest BCUT2D eigenvalue weighted by Crippen LogP contribution is 2.40. The first-order chi connectivity index (χ1) is 36.2. The number of para-hydroxylation sites is 4. The molecule has 57 heavy (non-hydrogen) atoms. The summed E-state index contributed by atoms with van der Waals surface area (Å²) in [7, 11) is 0. The minimum absolute atomic E-state index is 0.0661. The van der Waals surface area contributed by atoms with Gasteiger partial charge in [-0.2, -0.15) is 0 Å². The highest BCUT2D eigenvalue weighted by molar-refractivity contribution is 6.14. The van der Waals surface area contributed by atoms with Gasteiger partial charge in [-0.1, -0.05) is 127 Å². The summed E-state index contributed by atoms with van der Waals surface area (Å²) in [5, 5.41) is 0.659. The van der Waals surface area contributed by atoms with Crippen molar-refractivity contribution in [3.05, 3.63) is 212 Å². The van der Waals surface area contributed by atoms with E-state index in [-0.39, 0.29) is 60.4 Å². The lowest BCUT2D eigenvalue weighted by atomic mass is 10.0. The van der Waals surface area contributed by atoms with Gasteiger partial charge in [0, 0.05) is 49.4 Å². The van der Waals surface area contributed by atoms with Crippen LogP contribution in [0.25, 0.3) is 105 Å². The Bertz CT molecular complexity index is 4600. The van der Waals surface area contributed by atoms with Crippen LogP contribution in [0.2, 0.25) is 0 Å². The molecule has 3 heteroatoms. The van der Waals surface area contributed by atoms with Crippen molar-refractivity contribution in [1.29, 1.82) is 0 Å². The fourth-order valence-electron chi connectivity index (χ4n) is 7.95. The van der Waals surface area contributed by atoms with E-state index in [0.717, 1.165) is 27.5 Å². The fraction of sp³-hybridized carbons (Fsp3) is 0. The predicted molar refractivity (Wildman–Crippen MR) is 240 cm³/mol. The van der Waals surface area contributed by atoms with Gasteiger partial charge in [0.25, 0.3) is 0 Å². The van der Waals surface area contributed by atoms with Gasteiger partial charge < -0.3 is 13.7 Å². The van der Waals surface area contributed by atoms with Gasteiger partial charge in [0.15, 0.2) is 0 Å². The van der Waals surface area contributed by atoms with Gasteiger partial charge in [0.2, 0.25) is 0 Å². The maximum Gasteiger partial charge on any atom is 0.0645 e. The summed E-state index contributed by atoms with van der Waals surface area (Å²) < 4.78 is 178. The lowest BCUT2D eigenvalue weighted by Gasteiger charge is -2.11. The maximum absolute atomic E-state index is 10.0. The van der Waals surface area contributed by atoms with Gasteiger partial charge in [-0.25, -0.2) is 0 Å². The molecule has 0 saturated heterocycles. The first-order valence-corrected chi connectivity index (χ1v) is 18.1. The smallest absolute Gasteiger partial charge is 0.0645 e. The molecule has 266 valence electrons. The fourth-order valence-corrected chi connectivity index (χ4v) is 7.95. The highest BCUT2D eigenvalue weighted by atomic mass is 15.0. The topological polar surface area (TPSA) is 14.8 Å². The number of aromatic nitrogens is 3. The Labute approximate surface area is 356 Å². The van der Waals surface area contributed by atoms with E-state index in [9.17, 15) is 13.7 Å². The van der Waals surface area contributed by atoms with Crippen molar-refractivity contribution in [2.75, 3.05) is 0 Å². The zero-order valence-corrected chi connectivity index (χ0v) is 29.6. The molecule has 0 unspecified atom stereocenters. The molecule has 0 aliphatic carbocycles. The van der Waals surface area contributed by atoms with Gasteiger partial charge in [-0.15, -0.1) is 0 Å². The summed E-state index contributed by atoms with van der Waals surface area (Å²) in [6.45, 7) is 0. The summed E-state index contributed by atoms with van der Waals surface area (Å²) >= 11 is 0. The van der Waals surface area contributed by atoms with E-state index in [4.69, 9.17) is 12.3 Å². The van der Waals surface area contributed by atoms with Crippen LogP contribution in [0.5, 0.6) is 0 Å². The highest BCUT2D eigenvalue weighted by Gasteiger charge is 2.18. The summed E-state index contributed by atoms with van der Waals surface area (Å²) in [6, 6.07) is 16.9. The van der Waals surface area contributed by atoms with Crippen molar-refractivity contribution < 1.29 is 26.0 Å². The third-order valence-corrected chi connectivity index (χ3v) is 10.4. The minimum atomic E-state index is -0.745. The molecule has 0 bridgehead atoms. The van der Waals surface area contributed by atoms with Crippen molar-refractivity contribution in [2.24, 2.45) is 0 Å². The van der Waals surface area contributed by atoms with E-state index >= 15 is 0 Å². The number of rotatable bonds is 5. The van der Waals surface area contributed by atoms with Gasteiger partial charge >= 0.3 is 0 Å². The molecule has 0 N–H and O–H groups in total. The lowest BCUT2D eigenvalue weighted by molar-refractivity contribution is 1.17. The maximum atomic E-state index is 10.0. The predicted octanol–water partition coefficient (Wildman–Crippen LogP) is 14.3. The monoisotopic (exact) mass is 744 g/mol. The van der Waals surface area contributed by atoms with Crippen LogP contribution in [-0.2, 0) is 0 Å². The summed E-state index contributed by atoms with van der Waals surface area (Å²) in [4.78, 5) is 0. The average Bonchev–Trinajstić information content (AvgIpc) is 4.27. The van der Waals surface area contributed by atoms with Crippen molar-refractivity contribution in [1.82, 2.24) is 13.7 Å². The summed E-state index contributed by atoms with van der Waals surface area (Å²) in [5.41, 5.74) is 1.10. The Morgan fingerprint density at radius 2 is 0.825 bits per heavy atom. The van der Waals surface area contributed by atoms with E-state index in [2.05, 4.69) is 4.57 Å². The van der Waals surface area contributed by atoms with E-state index in [1.165, 1.54) is 33.4 Å². The van der Waals surface area contributed by atoms with Crippen LogP contribution in [0, 0.1) is 0 Å². The van der Waals surface area contributed by atoms with Crippen molar-refractivity contribution in [3.8, 4) is 39.3 Å². The summed E-state index contributed by atoms with van der Waals surface area (Å²) in [6.07, 6.45) is 0. The summed E-state index contributed by atoms with van der Waals surface area (Å²) in [5.74, 6) is 0. The Kier molecular flexibility index (Phi) is 4.01. The first-order valence-electron chi connectivity index (χ1n) is 27.6. The second kappa shape index (κ2) is 12.5. The molecule has 12 aromatic rings. The van der Waals surface area contributed by atoms with E-state index in [1.807, 2.05) is 66.7 Å². The molecular weight excluding hydrogens is 691 g/mol. The van der Waals surface area contributed by atoms with Gasteiger partial charge in [0.1, 0.15) is 0 Å². The normalized spacial score (nSPS) is 16.5. The molecule has 0 saturated carbocycles. The van der Waals surface area contributed by atoms with Gasteiger partial charge in [-0.05, 0) is 107 Å². The Morgan fingerprint density at radius 1 is 0.281 bits per heavy atom. The Morgan fingerprint density at radius 3 is 1.53 bits per heavy atom. The van der Waals surface area contributed by atoms with E-state index in [1.54, 1.807) is 6.07 Å². The van der Waals surface area contributed by atoms with Crippen LogP contribution >= 0.6 is 0 Å². The number of hydrogen-bond donors (Lipinski definition) is 0. The molecule has 0 fully saturated rings. The van der Waals surface area contributed by atoms with Crippen LogP contribution in [0.15, 0.2) is 212 Å².